The van der Waals surface area contributed by atoms with E-state index in [4.69, 9.17) is 0 Å². The van der Waals surface area contributed by atoms with E-state index in [1.807, 2.05) is 24.4 Å². The van der Waals surface area contributed by atoms with Gasteiger partial charge in [-0.1, -0.05) is 19.1 Å². The monoisotopic (exact) mass is 301 g/mol. The van der Waals surface area contributed by atoms with Gasteiger partial charge in [-0.05, 0) is 25.5 Å². The van der Waals surface area contributed by atoms with Gasteiger partial charge in [-0.2, -0.15) is 0 Å². The van der Waals surface area contributed by atoms with Crippen LogP contribution in [0.3, 0.4) is 0 Å². The van der Waals surface area contributed by atoms with E-state index < -0.39 is 0 Å². The maximum atomic E-state index is 13.9. The average Bonchev–Trinajstić information content (AvgIpc) is 2.94. The van der Waals surface area contributed by atoms with E-state index in [0.29, 0.717) is 5.52 Å². The number of anilines is 1. The predicted octanol–water partition coefficient (Wildman–Crippen LogP) is 4.63. The quantitative estimate of drug-likeness (QED) is 0.763. The van der Waals surface area contributed by atoms with Crippen LogP contribution >= 0.6 is 11.3 Å². The molecule has 0 radical (unpaired) electrons. The van der Waals surface area contributed by atoms with E-state index >= 15 is 0 Å². The van der Waals surface area contributed by atoms with Crippen molar-refractivity contribution in [1.82, 2.24) is 9.97 Å². The molecule has 0 aliphatic heterocycles. The van der Waals surface area contributed by atoms with E-state index in [1.54, 1.807) is 17.4 Å². The highest BCUT2D eigenvalue weighted by Gasteiger charge is 2.12. The Bertz CT molecular complexity index is 782. The largest absolute Gasteiger partial charge is 0.362 e. The first-order valence-corrected chi connectivity index (χ1v) is 7.82. The van der Waals surface area contributed by atoms with E-state index in [9.17, 15) is 4.39 Å². The number of halogens is 1. The van der Waals surface area contributed by atoms with Crippen molar-refractivity contribution >= 4 is 27.4 Å². The summed E-state index contributed by atoms with van der Waals surface area (Å²) in [5.74, 6) is -0.294. The maximum Gasteiger partial charge on any atom is 0.183 e. The second kappa shape index (κ2) is 5.77. The number of aromatic nitrogens is 2. The van der Waals surface area contributed by atoms with Gasteiger partial charge in [0.2, 0.25) is 0 Å². The van der Waals surface area contributed by atoms with Crippen LogP contribution in [0.2, 0.25) is 0 Å². The zero-order valence-electron chi connectivity index (χ0n) is 12.0. The topological polar surface area (TPSA) is 37.8 Å². The fraction of sp³-hybridized carbons (Fsp3) is 0.250. The standard InChI is InChI=1S/C16H16FN3S/c1-3-7-18-16-20-14(9-21-16)12-8-10(2)19-15-11(12)5-4-6-13(15)17/h4-6,8-9H,3,7H2,1-2H3,(H,18,20). The number of rotatable bonds is 4. The molecule has 2 heterocycles. The second-order valence-electron chi connectivity index (χ2n) is 4.91. The zero-order chi connectivity index (χ0) is 14.8. The summed E-state index contributed by atoms with van der Waals surface area (Å²) in [6.45, 7) is 4.89. The van der Waals surface area contributed by atoms with Crippen LogP contribution in [0.15, 0.2) is 29.6 Å². The molecule has 3 nitrogen and oxygen atoms in total. The van der Waals surface area contributed by atoms with E-state index in [0.717, 1.165) is 40.4 Å². The SMILES string of the molecule is CCCNc1nc(-c2cc(C)nc3c(F)cccc23)cs1. The van der Waals surface area contributed by atoms with Gasteiger partial charge in [-0.3, -0.25) is 4.98 Å². The minimum absolute atomic E-state index is 0.294. The molecule has 5 heteroatoms. The number of nitrogens with zero attached hydrogens (tertiary/aromatic N) is 2. The van der Waals surface area contributed by atoms with Crippen LogP contribution < -0.4 is 5.32 Å². The number of aryl methyl sites for hydroxylation is 1. The van der Waals surface area contributed by atoms with Gasteiger partial charge in [0.05, 0.1) is 5.69 Å². The van der Waals surface area contributed by atoms with Crippen molar-refractivity contribution in [2.45, 2.75) is 20.3 Å². The number of nitrogens with one attached hydrogen (secondary N) is 1. The molecule has 0 atom stereocenters. The van der Waals surface area contributed by atoms with Crippen molar-refractivity contribution in [3.63, 3.8) is 0 Å². The van der Waals surface area contributed by atoms with Crippen molar-refractivity contribution in [3.8, 4) is 11.3 Å². The molecule has 0 saturated heterocycles. The lowest BCUT2D eigenvalue weighted by atomic mass is 10.1. The molecule has 1 N–H and O–H groups in total. The minimum Gasteiger partial charge on any atom is -0.362 e. The summed E-state index contributed by atoms with van der Waals surface area (Å²) in [6, 6.07) is 6.99. The molecule has 21 heavy (non-hydrogen) atoms. The van der Waals surface area contributed by atoms with Crippen molar-refractivity contribution in [3.05, 3.63) is 41.2 Å². The smallest absolute Gasteiger partial charge is 0.183 e. The second-order valence-corrected chi connectivity index (χ2v) is 5.77. The number of benzene rings is 1. The Morgan fingerprint density at radius 3 is 2.95 bits per heavy atom. The van der Waals surface area contributed by atoms with Crippen LogP contribution in [0.4, 0.5) is 9.52 Å². The molecule has 3 rings (SSSR count). The predicted molar refractivity (Wildman–Crippen MR) is 86.3 cm³/mol. The highest BCUT2D eigenvalue weighted by atomic mass is 32.1. The molecule has 3 aromatic rings. The molecule has 0 saturated carbocycles. The highest BCUT2D eigenvalue weighted by molar-refractivity contribution is 7.14. The Morgan fingerprint density at radius 2 is 2.14 bits per heavy atom. The Kier molecular flexibility index (Phi) is 3.84. The Balaban J connectivity index is 2.11. The van der Waals surface area contributed by atoms with Gasteiger partial charge < -0.3 is 5.32 Å². The Labute approximate surface area is 126 Å². The molecule has 0 aliphatic rings. The van der Waals surface area contributed by atoms with Crippen molar-refractivity contribution in [1.29, 1.82) is 0 Å². The van der Waals surface area contributed by atoms with E-state index in [1.165, 1.54) is 6.07 Å². The van der Waals surface area contributed by atoms with Crippen LogP contribution in [0.5, 0.6) is 0 Å². The van der Waals surface area contributed by atoms with Gasteiger partial charge in [0.1, 0.15) is 11.3 Å². The van der Waals surface area contributed by atoms with Crippen LogP contribution in [0.25, 0.3) is 22.2 Å². The van der Waals surface area contributed by atoms with Gasteiger partial charge in [0.15, 0.2) is 5.13 Å². The molecule has 108 valence electrons. The minimum atomic E-state index is -0.294. The van der Waals surface area contributed by atoms with Crippen molar-refractivity contribution in [2.24, 2.45) is 0 Å². The average molecular weight is 301 g/mol. The normalized spacial score (nSPS) is 11.0. The third-order valence-electron chi connectivity index (χ3n) is 3.22. The lowest BCUT2D eigenvalue weighted by molar-refractivity contribution is 0.636. The molecule has 0 unspecified atom stereocenters. The molecule has 2 aromatic heterocycles. The fourth-order valence-corrected chi connectivity index (χ4v) is 3.00. The first-order valence-electron chi connectivity index (χ1n) is 6.94. The van der Waals surface area contributed by atoms with Gasteiger partial charge in [0, 0.05) is 28.6 Å². The molecule has 0 amide bonds. The molecular formula is C16H16FN3S. The number of para-hydroxylation sites is 1. The van der Waals surface area contributed by atoms with Gasteiger partial charge in [0.25, 0.3) is 0 Å². The first kappa shape index (κ1) is 13.9. The molecule has 0 fully saturated rings. The Hall–Kier alpha value is -2.01. The fourth-order valence-electron chi connectivity index (χ4n) is 2.26. The van der Waals surface area contributed by atoms with Gasteiger partial charge in [-0.15, -0.1) is 11.3 Å². The lowest BCUT2D eigenvalue weighted by Gasteiger charge is -2.06. The van der Waals surface area contributed by atoms with Crippen molar-refractivity contribution < 1.29 is 4.39 Å². The number of hydrogen-bond donors (Lipinski definition) is 1. The van der Waals surface area contributed by atoms with Gasteiger partial charge >= 0.3 is 0 Å². The number of thiazole rings is 1. The number of hydrogen-bond acceptors (Lipinski definition) is 4. The van der Waals surface area contributed by atoms with Crippen molar-refractivity contribution in [2.75, 3.05) is 11.9 Å². The summed E-state index contributed by atoms with van der Waals surface area (Å²) in [7, 11) is 0. The van der Waals surface area contributed by atoms with Crippen LogP contribution in [0, 0.1) is 12.7 Å². The third kappa shape index (κ3) is 2.74. The molecule has 1 aromatic carbocycles. The summed E-state index contributed by atoms with van der Waals surface area (Å²) < 4.78 is 13.9. The first-order chi connectivity index (χ1) is 10.2. The van der Waals surface area contributed by atoms with E-state index in [-0.39, 0.29) is 5.82 Å². The third-order valence-corrected chi connectivity index (χ3v) is 4.02. The number of pyridine rings is 1. The maximum absolute atomic E-state index is 13.9. The van der Waals surface area contributed by atoms with Crippen LogP contribution in [0.1, 0.15) is 19.0 Å². The van der Waals surface area contributed by atoms with Crippen LogP contribution in [-0.4, -0.2) is 16.5 Å². The van der Waals surface area contributed by atoms with E-state index in [2.05, 4.69) is 22.2 Å². The summed E-state index contributed by atoms with van der Waals surface area (Å²) in [6.07, 6.45) is 1.05. The summed E-state index contributed by atoms with van der Waals surface area (Å²) in [5, 5.41) is 6.97. The Morgan fingerprint density at radius 1 is 1.29 bits per heavy atom. The summed E-state index contributed by atoms with van der Waals surface area (Å²) in [5.41, 5.74) is 2.99. The summed E-state index contributed by atoms with van der Waals surface area (Å²) >= 11 is 1.57. The number of fused-ring (bicyclic) bond motifs is 1. The lowest BCUT2D eigenvalue weighted by Crippen LogP contribution is -1.98. The molecule has 0 bridgehead atoms. The van der Waals surface area contributed by atoms with Gasteiger partial charge in [-0.25, -0.2) is 9.37 Å². The zero-order valence-corrected chi connectivity index (χ0v) is 12.8. The molecule has 0 spiro atoms. The molecular weight excluding hydrogens is 285 g/mol. The highest BCUT2D eigenvalue weighted by Crippen LogP contribution is 2.31. The van der Waals surface area contributed by atoms with Crippen LogP contribution in [-0.2, 0) is 0 Å². The molecule has 0 aliphatic carbocycles. The summed E-state index contributed by atoms with van der Waals surface area (Å²) in [4.78, 5) is 8.90.